The van der Waals surface area contributed by atoms with Crippen LogP contribution >= 0.6 is 0 Å². The first-order valence-corrected chi connectivity index (χ1v) is 7.00. The third kappa shape index (κ3) is 2.15. The molecule has 0 radical (unpaired) electrons. The molecule has 1 fully saturated rings. The fourth-order valence-electron chi connectivity index (χ4n) is 3.10. The van der Waals surface area contributed by atoms with Crippen molar-refractivity contribution in [1.29, 1.82) is 0 Å². The van der Waals surface area contributed by atoms with Crippen LogP contribution in [0.25, 0.3) is 11.0 Å². The Morgan fingerprint density at radius 2 is 2.00 bits per heavy atom. The molecule has 1 heterocycles. The molecule has 2 aromatic rings. The zero-order chi connectivity index (χ0) is 13.4. The van der Waals surface area contributed by atoms with Crippen molar-refractivity contribution in [2.45, 2.75) is 38.6 Å². The molecule has 19 heavy (non-hydrogen) atoms. The average Bonchev–Trinajstić information content (AvgIpc) is 2.75. The van der Waals surface area contributed by atoms with E-state index in [-0.39, 0.29) is 0 Å². The number of ether oxygens (including phenoxy) is 1. The Labute approximate surface area is 113 Å². The average molecular weight is 259 g/mol. The molecule has 0 amide bonds. The highest BCUT2D eigenvalue weighted by atomic mass is 16.5. The maximum absolute atomic E-state index is 6.12. The fourth-order valence-corrected chi connectivity index (χ4v) is 3.10. The van der Waals surface area contributed by atoms with Crippen LogP contribution < -0.4 is 10.5 Å². The van der Waals surface area contributed by atoms with Gasteiger partial charge in [-0.25, -0.2) is 4.98 Å². The van der Waals surface area contributed by atoms with E-state index in [1.165, 1.54) is 25.7 Å². The van der Waals surface area contributed by atoms with Crippen LogP contribution in [0.15, 0.2) is 18.2 Å². The number of nitrogen functional groups attached to an aromatic ring is 1. The Balaban J connectivity index is 2.04. The molecular weight excluding hydrogens is 238 g/mol. The molecule has 1 aliphatic carbocycles. The number of rotatable bonds is 2. The monoisotopic (exact) mass is 259 g/mol. The van der Waals surface area contributed by atoms with Gasteiger partial charge in [-0.1, -0.05) is 6.92 Å². The molecule has 1 aliphatic rings. The molecule has 4 heteroatoms. The maximum Gasteiger partial charge on any atom is 0.201 e. The van der Waals surface area contributed by atoms with E-state index < -0.39 is 0 Å². The maximum atomic E-state index is 6.12. The highest BCUT2D eigenvalue weighted by Gasteiger charge is 2.23. The van der Waals surface area contributed by atoms with Crippen LogP contribution in [0.4, 0.5) is 5.95 Å². The van der Waals surface area contributed by atoms with Gasteiger partial charge in [0.25, 0.3) is 0 Å². The molecule has 102 valence electrons. The number of aromatic nitrogens is 2. The van der Waals surface area contributed by atoms with Crippen LogP contribution in [-0.4, -0.2) is 16.7 Å². The Hall–Kier alpha value is -1.71. The third-order valence-corrected chi connectivity index (χ3v) is 4.27. The van der Waals surface area contributed by atoms with Gasteiger partial charge in [-0.3, -0.25) is 0 Å². The summed E-state index contributed by atoms with van der Waals surface area (Å²) in [7, 11) is 1.69. The summed E-state index contributed by atoms with van der Waals surface area (Å²) >= 11 is 0. The lowest BCUT2D eigenvalue weighted by atomic mass is 9.87. The molecule has 0 atom stereocenters. The number of methoxy groups -OCH3 is 1. The second-order valence-corrected chi connectivity index (χ2v) is 5.61. The summed E-state index contributed by atoms with van der Waals surface area (Å²) in [6, 6.07) is 6.43. The van der Waals surface area contributed by atoms with Crippen molar-refractivity contribution >= 4 is 17.0 Å². The smallest absolute Gasteiger partial charge is 0.201 e. The molecule has 1 saturated carbocycles. The van der Waals surface area contributed by atoms with Crippen LogP contribution in [0.5, 0.6) is 5.75 Å². The molecular formula is C15H21N3O. The van der Waals surface area contributed by atoms with Gasteiger partial charge in [-0.05, 0) is 43.7 Å². The van der Waals surface area contributed by atoms with Crippen molar-refractivity contribution in [1.82, 2.24) is 9.55 Å². The molecule has 0 saturated heterocycles. The predicted molar refractivity (Wildman–Crippen MR) is 77.4 cm³/mol. The van der Waals surface area contributed by atoms with Crippen LogP contribution in [0.3, 0.4) is 0 Å². The summed E-state index contributed by atoms with van der Waals surface area (Å²) < 4.78 is 7.51. The van der Waals surface area contributed by atoms with E-state index in [0.29, 0.717) is 12.0 Å². The predicted octanol–water partition coefficient (Wildman–Crippen LogP) is 3.38. The lowest BCUT2D eigenvalue weighted by molar-refractivity contribution is 0.296. The van der Waals surface area contributed by atoms with Crippen LogP contribution in [0.1, 0.15) is 38.6 Å². The topological polar surface area (TPSA) is 53.1 Å². The van der Waals surface area contributed by atoms with Crippen molar-refractivity contribution in [3.63, 3.8) is 0 Å². The normalized spacial score (nSPS) is 23.7. The van der Waals surface area contributed by atoms with E-state index in [2.05, 4.69) is 16.5 Å². The molecule has 1 aromatic carbocycles. The Kier molecular flexibility index (Phi) is 3.09. The largest absolute Gasteiger partial charge is 0.497 e. The minimum Gasteiger partial charge on any atom is -0.497 e. The molecule has 0 aliphatic heterocycles. The number of imidazole rings is 1. The number of fused-ring (bicyclic) bond motifs is 1. The van der Waals surface area contributed by atoms with Crippen molar-refractivity contribution in [3.8, 4) is 5.75 Å². The van der Waals surface area contributed by atoms with Crippen LogP contribution in [-0.2, 0) is 0 Å². The zero-order valence-electron chi connectivity index (χ0n) is 11.6. The van der Waals surface area contributed by atoms with Gasteiger partial charge >= 0.3 is 0 Å². The van der Waals surface area contributed by atoms with Gasteiger partial charge in [0.05, 0.1) is 18.1 Å². The Morgan fingerprint density at radius 1 is 1.26 bits per heavy atom. The minimum atomic E-state index is 0.480. The summed E-state index contributed by atoms with van der Waals surface area (Å²) in [6.07, 6.45) is 4.92. The summed E-state index contributed by atoms with van der Waals surface area (Å²) in [5.41, 5.74) is 8.17. The Morgan fingerprint density at radius 3 is 2.68 bits per heavy atom. The summed E-state index contributed by atoms with van der Waals surface area (Å²) in [6.45, 7) is 2.33. The summed E-state index contributed by atoms with van der Waals surface area (Å²) in [5, 5.41) is 0. The minimum absolute atomic E-state index is 0.480. The van der Waals surface area contributed by atoms with E-state index in [9.17, 15) is 0 Å². The van der Waals surface area contributed by atoms with Crippen LogP contribution in [0.2, 0.25) is 0 Å². The third-order valence-electron chi connectivity index (χ3n) is 4.27. The first kappa shape index (κ1) is 12.3. The standard InChI is InChI=1S/C15H21N3O/c1-10-3-5-11(6-4-10)18-14-9-12(19-2)7-8-13(14)17-15(18)16/h7-11H,3-6H2,1-2H3,(H2,16,17). The molecule has 3 rings (SSSR count). The van der Waals surface area contributed by atoms with Gasteiger partial charge in [-0.15, -0.1) is 0 Å². The van der Waals surface area contributed by atoms with Gasteiger partial charge in [0, 0.05) is 12.1 Å². The van der Waals surface area contributed by atoms with Crippen LogP contribution in [0, 0.1) is 5.92 Å². The van der Waals surface area contributed by atoms with Crippen molar-refractivity contribution in [2.75, 3.05) is 12.8 Å². The quantitative estimate of drug-likeness (QED) is 0.899. The number of nitrogens with two attached hydrogens (primary N) is 1. The van der Waals surface area contributed by atoms with E-state index in [4.69, 9.17) is 10.5 Å². The second kappa shape index (κ2) is 4.76. The number of hydrogen-bond acceptors (Lipinski definition) is 3. The van der Waals surface area contributed by atoms with Crippen molar-refractivity contribution in [3.05, 3.63) is 18.2 Å². The molecule has 0 bridgehead atoms. The summed E-state index contributed by atoms with van der Waals surface area (Å²) in [5.74, 6) is 2.32. The van der Waals surface area contributed by atoms with Crippen molar-refractivity contribution < 1.29 is 4.74 Å². The van der Waals surface area contributed by atoms with E-state index in [0.717, 1.165) is 22.7 Å². The summed E-state index contributed by atoms with van der Waals surface area (Å²) in [4.78, 5) is 4.47. The molecule has 4 nitrogen and oxygen atoms in total. The SMILES string of the molecule is COc1ccc2nc(N)n(C3CCC(C)CC3)c2c1. The van der Waals surface area contributed by atoms with E-state index in [1.807, 2.05) is 18.2 Å². The number of benzene rings is 1. The highest BCUT2D eigenvalue weighted by molar-refractivity contribution is 5.80. The fraction of sp³-hybridized carbons (Fsp3) is 0.533. The lowest BCUT2D eigenvalue weighted by Gasteiger charge is -2.28. The molecule has 0 spiro atoms. The van der Waals surface area contributed by atoms with E-state index in [1.54, 1.807) is 7.11 Å². The molecule has 2 N–H and O–H groups in total. The molecule has 1 aromatic heterocycles. The van der Waals surface area contributed by atoms with E-state index >= 15 is 0 Å². The number of hydrogen-bond donors (Lipinski definition) is 1. The molecule has 0 unspecified atom stereocenters. The Bertz CT molecular complexity index is 582. The first-order valence-electron chi connectivity index (χ1n) is 7.00. The van der Waals surface area contributed by atoms with Gasteiger partial charge < -0.3 is 15.0 Å². The lowest BCUT2D eigenvalue weighted by Crippen LogP contribution is -2.18. The van der Waals surface area contributed by atoms with Gasteiger partial charge in [0.15, 0.2) is 0 Å². The first-order chi connectivity index (χ1) is 9.19. The second-order valence-electron chi connectivity index (χ2n) is 5.61. The zero-order valence-corrected chi connectivity index (χ0v) is 11.6. The van der Waals surface area contributed by atoms with Gasteiger partial charge in [-0.2, -0.15) is 0 Å². The van der Waals surface area contributed by atoms with Crippen molar-refractivity contribution in [2.24, 2.45) is 5.92 Å². The number of anilines is 1. The highest BCUT2D eigenvalue weighted by Crippen LogP contribution is 2.36. The van der Waals surface area contributed by atoms with Gasteiger partial charge in [0.2, 0.25) is 5.95 Å². The van der Waals surface area contributed by atoms with Gasteiger partial charge in [0.1, 0.15) is 5.75 Å². The number of nitrogens with zero attached hydrogens (tertiary/aromatic N) is 2.